The maximum atomic E-state index is 8.65. The molecule has 0 radical (unpaired) electrons. The van der Waals surface area contributed by atoms with Crippen molar-refractivity contribution in [1.29, 1.82) is 0 Å². The minimum Gasteiger partial charge on any atom is -0.490 e. The maximum Gasteiger partial charge on any atom is 0.123 e. The topological polar surface area (TPSA) is 41.8 Å². The highest BCUT2D eigenvalue weighted by Gasteiger charge is 2.19. The number of fused-ring (bicyclic) bond motifs is 1. The summed E-state index contributed by atoms with van der Waals surface area (Å²) in [7, 11) is 0. The third kappa shape index (κ3) is 1.45. The van der Waals surface area contributed by atoms with Crippen molar-refractivity contribution in [3.05, 3.63) is 29.3 Å². The van der Waals surface area contributed by atoms with Crippen LogP contribution in [0.2, 0.25) is 0 Å². The highest BCUT2D eigenvalue weighted by Crippen LogP contribution is 2.29. The highest BCUT2D eigenvalue weighted by atomic mass is 16.5. The van der Waals surface area contributed by atoms with Crippen LogP contribution in [-0.2, 0) is 6.42 Å². The van der Waals surface area contributed by atoms with Gasteiger partial charge in [-0.1, -0.05) is 5.16 Å². The Hall–Kier alpha value is -1.51. The summed E-state index contributed by atoms with van der Waals surface area (Å²) in [6, 6.07) is 5.86. The van der Waals surface area contributed by atoms with Crippen molar-refractivity contribution in [2.24, 2.45) is 5.16 Å². The van der Waals surface area contributed by atoms with Gasteiger partial charge in [-0.05, 0) is 43.2 Å². The zero-order valence-electron chi connectivity index (χ0n) is 8.32. The van der Waals surface area contributed by atoms with Crippen LogP contribution < -0.4 is 4.74 Å². The molecule has 0 spiro atoms. The van der Waals surface area contributed by atoms with Crippen LogP contribution in [-0.4, -0.2) is 17.0 Å². The first-order chi connectivity index (χ1) is 6.70. The summed E-state index contributed by atoms with van der Waals surface area (Å²) in [6.45, 7) is 3.83. The minimum absolute atomic E-state index is 0.256. The van der Waals surface area contributed by atoms with Gasteiger partial charge < -0.3 is 9.94 Å². The van der Waals surface area contributed by atoms with Crippen molar-refractivity contribution in [2.75, 3.05) is 0 Å². The van der Waals surface area contributed by atoms with Crippen LogP contribution in [0, 0.1) is 0 Å². The molecule has 1 aliphatic heterocycles. The molecule has 1 atom stereocenters. The monoisotopic (exact) mass is 191 g/mol. The molecular formula is C11H13NO2. The third-order valence-corrected chi connectivity index (χ3v) is 2.46. The summed E-state index contributed by atoms with van der Waals surface area (Å²) in [5, 5.41) is 11.8. The molecule has 1 heterocycles. The van der Waals surface area contributed by atoms with Crippen molar-refractivity contribution in [1.82, 2.24) is 0 Å². The molecule has 14 heavy (non-hydrogen) atoms. The van der Waals surface area contributed by atoms with E-state index in [4.69, 9.17) is 9.94 Å². The Morgan fingerprint density at radius 2 is 2.36 bits per heavy atom. The van der Waals surface area contributed by atoms with Crippen LogP contribution >= 0.6 is 0 Å². The molecule has 0 amide bonds. The van der Waals surface area contributed by atoms with Gasteiger partial charge in [0.1, 0.15) is 11.9 Å². The molecule has 2 rings (SSSR count). The zero-order valence-corrected chi connectivity index (χ0v) is 8.32. The molecule has 0 aliphatic carbocycles. The van der Waals surface area contributed by atoms with Gasteiger partial charge in [0.2, 0.25) is 0 Å². The zero-order chi connectivity index (χ0) is 10.1. The number of ether oxygens (including phenoxy) is 1. The van der Waals surface area contributed by atoms with Gasteiger partial charge in [-0.3, -0.25) is 0 Å². The molecule has 0 aromatic heterocycles. The predicted molar refractivity (Wildman–Crippen MR) is 54.2 cm³/mol. The Morgan fingerprint density at radius 1 is 1.57 bits per heavy atom. The molecule has 1 aromatic rings. The van der Waals surface area contributed by atoms with E-state index in [2.05, 4.69) is 5.16 Å². The second-order valence-electron chi connectivity index (χ2n) is 3.64. The Labute approximate surface area is 83.0 Å². The van der Waals surface area contributed by atoms with Crippen molar-refractivity contribution in [2.45, 2.75) is 26.4 Å². The van der Waals surface area contributed by atoms with E-state index < -0.39 is 0 Å². The first-order valence-corrected chi connectivity index (χ1v) is 4.69. The first-order valence-electron chi connectivity index (χ1n) is 4.69. The highest BCUT2D eigenvalue weighted by molar-refractivity contribution is 5.98. The van der Waals surface area contributed by atoms with E-state index in [9.17, 15) is 0 Å². The maximum absolute atomic E-state index is 8.65. The number of oxime groups is 1. The number of hydrogen-bond donors (Lipinski definition) is 1. The van der Waals surface area contributed by atoms with E-state index in [-0.39, 0.29) is 6.10 Å². The van der Waals surface area contributed by atoms with Crippen molar-refractivity contribution in [3.63, 3.8) is 0 Å². The molecule has 0 saturated carbocycles. The quantitative estimate of drug-likeness (QED) is 0.420. The van der Waals surface area contributed by atoms with E-state index in [1.807, 2.05) is 25.1 Å². The molecule has 0 saturated heterocycles. The second-order valence-corrected chi connectivity index (χ2v) is 3.64. The molecule has 74 valence electrons. The van der Waals surface area contributed by atoms with E-state index in [0.29, 0.717) is 5.71 Å². The molecule has 1 aliphatic rings. The summed E-state index contributed by atoms with van der Waals surface area (Å²) in [5.74, 6) is 0.951. The van der Waals surface area contributed by atoms with Crippen LogP contribution in [0.5, 0.6) is 5.75 Å². The smallest absolute Gasteiger partial charge is 0.123 e. The Kier molecular flexibility index (Phi) is 2.15. The van der Waals surface area contributed by atoms with Crippen LogP contribution in [0.4, 0.5) is 0 Å². The average molecular weight is 191 g/mol. The minimum atomic E-state index is 0.256. The third-order valence-electron chi connectivity index (χ3n) is 2.46. The Morgan fingerprint density at radius 3 is 3.07 bits per heavy atom. The molecule has 0 bridgehead atoms. The molecule has 3 nitrogen and oxygen atoms in total. The molecule has 1 N–H and O–H groups in total. The predicted octanol–water partition coefficient (Wildman–Crippen LogP) is 2.21. The number of hydrogen-bond acceptors (Lipinski definition) is 3. The van der Waals surface area contributed by atoms with E-state index in [0.717, 1.165) is 17.7 Å². The fourth-order valence-corrected chi connectivity index (χ4v) is 1.70. The number of rotatable bonds is 1. The summed E-state index contributed by atoms with van der Waals surface area (Å²) in [4.78, 5) is 0. The van der Waals surface area contributed by atoms with E-state index in [1.54, 1.807) is 6.92 Å². The van der Waals surface area contributed by atoms with Crippen LogP contribution in [0.25, 0.3) is 0 Å². The van der Waals surface area contributed by atoms with E-state index >= 15 is 0 Å². The van der Waals surface area contributed by atoms with Crippen LogP contribution in [0.3, 0.4) is 0 Å². The van der Waals surface area contributed by atoms with E-state index in [1.165, 1.54) is 5.56 Å². The number of nitrogens with zero attached hydrogens (tertiary/aromatic N) is 1. The first kappa shape index (κ1) is 9.06. The summed E-state index contributed by atoms with van der Waals surface area (Å²) in [6.07, 6.45) is 1.19. The normalized spacial score (nSPS) is 20.4. The molecule has 0 fully saturated rings. The van der Waals surface area contributed by atoms with Crippen molar-refractivity contribution >= 4 is 5.71 Å². The summed E-state index contributed by atoms with van der Waals surface area (Å²) in [5.41, 5.74) is 2.77. The fourth-order valence-electron chi connectivity index (χ4n) is 1.70. The lowest BCUT2D eigenvalue weighted by Gasteiger charge is -2.02. The van der Waals surface area contributed by atoms with Crippen molar-refractivity contribution in [3.8, 4) is 5.75 Å². The van der Waals surface area contributed by atoms with Gasteiger partial charge in [0.25, 0.3) is 0 Å². The van der Waals surface area contributed by atoms with Gasteiger partial charge in [-0.25, -0.2) is 0 Å². The van der Waals surface area contributed by atoms with Gasteiger partial charge in [0.05, 0.1) is 5.71 Å². The average Bonchev–Trinajstić information content (AvgIpc) is 2.55. The van der Waals surface area contributed by atoms with Gasteiger partial charge in [-0.2, -0.15) is 0 Å². The Balaban J connectivity index is 2.38. The SMILES string of the molecule is C/C(=N\O)c1ccc2c(c1)C[C@@H](C)O2. The van der Waals surface area contributed by atoms with Crippen LogP contribution in [0.15, 0.2) is 23.4 Å². The lowest BCUT2D eigenvalue weighted by molar-refractivity contribution is 0.254. The standard InChI is InChI=1S/C11H13NO2/c1-7-5-10-6-9(8(2)12-13)3-4-11(10)14-7/h3-4,6-7,13H,5H2,1-2H3/b12-8+/t7-/m1/s1. The lowest BCUT2D eigenvalue weighted by atomic mass is 10.0. The molecule has 1 aromatic carbocycles. The van der Waals surface area contributed by atoms with Gasteiger partial charge in [-0.15, -0.1) is 0 Å². The summed E-state index contributed by atoms with van der Waals surface area (Å²) >= 11 is 0. The van der Waals surface area contributed by atoms with Gasteiger partial charge in [0, 0.05) is 6.42 Å². The van der Waals surface area contributed by atoms with Crippen molar-refractivity contribution < 1.29 is 9.94 Å². The molecule has 3 heteroatoms. The van der Waals surface area contributed by atoms with Gasteiger partial charge >= 0.3 is 0 Å². The second kappa shape index (κ2) is 3.33. The van der Waals surface area contributed by atoms with Crippen LogP contribution in [0.1, 0.15) is 25.0 Å². The number of benzene rings is 1. The largest absolute Gasteiger partial charge is 0.490 e. The Bertz CT molecular complexity index is 385. The fraction of sp³-hybridized carbons (Fsp3) is 0.364. The van der Waals surface area contributed by atoms with Gasteiger partial charge in [0.15, 0.2) is 0 Å². The molecular weight excluding hydrogens is 178 g/mol. The molecule has 0 unspecified atom stereocenters. The summed E-state index contributed by atoms with van der Waals surface area (Å²) < 4.78 is 5.57. The lowest BCUT2D eigenvalue weighted by Crippen LogP contribution is -2.05.